The van der Waals surface area contributed by atoms with Gasteiger partial charge in [0.15, 0.2) is 5.65 Å². The van der Waals surface area contributed by atoms with Crippen LogP contribution in [0.4, 0.5) is 5.69 Å². The molecule has 1 N–H and O–H groups in total. The third-order valence-corrected chi connectivity index (χ3v) is 5.03. The molecule has 0 radical (unpaired) electrons. The van der Waals surface area contributed by atoms with E-state index in [9.17, 15) is 9.59 Å². The van der Waals surface area contributed by atoms with Crippen molar-refractivity contribution in [3.05, 3.63) is 82.8 Å². The van der Waals surface area contributed by atoms with Crippen LogP contribution in [0.5, 0.6) is 5.75 Å². The zero-order valence-electron chi connectivity index (χ0n) is 17.5. The van der Waals surface area contributed by atoms with Gasteiger partial charge in [0.05, 0.1) is 17.7 Å². The van der Waals surface area contributed by atoms with E-state index in [-0.39, 0.29) is 18.0 Å². The van der Waals surface area contributed by atoms with Crippen LogP contribution in [0.15, 0.2) is 71.7 Å². The number of aryl methyl sites for hydroxylation is 1. The van der Waals surface area contributed by atoms with Gasteiger partial charge in [-0.05, 0) is 67.4 Å². The lowest BCUT2D eigenvalue weighted by Crippen LogP contribution is -2.27. The molecule has 0 aliphatic rings. The Morgan fingerprint density at radius 2 is 1.77 bits per heavy atom. The number of nitrogens with zero attached hydrogens (tertiary/aromatic N) is 3. The molecule has 0 unspecified atom stereocenters. The predicted octanol–water partition coefficient (Wildman–Crippen LogP) is 3.79. The molecule has 0 bridgehead atoms. The maximum atomic E-state index is 13.1. The molecular weight excluding hydrogens is 392 g/mol. The van der Waals surface area contributed by atoms with E-state index in [1.54, 1.807) is 47.3 Å². The van der Waals surface area contributed by atoms with Crippen LogP contribution in [0.1, 0.15) is 19.4 Å². The Bertz CT molecular complexity index is 1250. The summed E-state index contributed by atoms with van der Waals surface area (Å²) >= 11 is 0. The van der Waals surface area contributed by atoms with Crippen molar-refractivity contribution in [2.24, 2.45) is 0 Å². The number of aromatic nitrogens is 3. The van der Waals surface area contributed by atoms with E-state index in [0.717, 1.165) is 12.2 Å². The lowest BCUT2D eigenvalue weighted by Gasteiger charge is -2.13. The third kappa shape index (κ3) is 4.21. The summed E-state index contributed by atoms with van der Waals surface area (Å²) in [5, 5.41) is 3.34. The summed E-state index contributed by atoms with van der Waals surface area (Å²) in [7, 11) is 0. The molecule has 2 heterocycles. The quantitative estimate of drug-likeness (QED) is 0.497. The highest BCUT2D eigenvalue weighted by Gasteiger charge is 2.18. The molecule has 4 aromatic rings. The van der Waals surface area contributed by atoms with Crippen molar-refractivity contribution in [2.75, 3.05) is 11.9 Å². The second kappa shape index (κ2) is 8.87. The zero-order valence-corrected chi connectivity index (χ0v) is 17.5. The highest BCUT2D eigenvalue weighted by atomic mass is 16.5. The van der Waals surface area contributed by atoms with Crippen molar-refractivity contribution in [3.8, 4) is 11.4 Å². The maximum Gasteiger partial charge on any atom is 0.280 e. The number of anilines is 1. The van der Waals surface area contributed by atoms with Gasteiger partial charge in [0.2, 0.25) is 5.91 Å². The SMILES string of the molecule is CCOc1ccc(NC(=O)Cn2c3ncccc3c(=O)n2-c2ccc(CC)cc2)cc1. The van der Waals surface area contributed by atoms with Crippen LogP contribution < -0.4 is 15.6 Å². The summed E-state index contributed by atoms with van der Waals surface area (Å²) in [6, 6.07) is 18.4. The summed E-state index contributed by atoms with van der Waals surface area (Å²) in [6.45, 7) is 4.52. The van der Waals surface area contributed by atoms with Crippen LogP contribution in [0.25, 0.3) is 16.7 Å². The number of hydrogen-bond acceptors (Lipinski definition) is 4. The summed E-state index contributed by atoms with van der Waals surface area (Å²) < 4.78 is 8.55. The molecular formula is C24H24N4O3. The number of amides is 1. The number of benzene rings is 2. The first-order valence-electron chi connectivity index (χ1n) is 10.3. The van der Waals surface area contributed by atoms with Gasteiger partial charge in [0.25, 0.3) is 5.56 Å². The highest BCUT2D eigenvalue weighted by molar-refractivity contribution is 5.91. The number of rotatable bonds is 7. The van der Waals surface area contributed by atoms with Crippen molar-refractivity contribution < 1.29 is 9.53 Å². The molecule has 7 heteroatoms. The number of fused-ring (bicyclic) bond motifs is 1. The maximum absolute atomic E-state index is 13.1. The lowest BCUT2D eigenvalue weighted by molar-refractivity contribution is -0.116. The van der Waals surface area contributed by atoms with Gasteiger partial charge >= 0.3 is 0 Å². The summed E-state index contributed by atoms with van der Waals surface area (Å²) in [5.74, 6) is 0.483. The molecule has 0 saturated carbocycles. The van der Waals surface area contributed by atoms with Crippen LogP contribution in [0.2, 0.25) is 0 Å². The lowest BCUT2D eigenvalue weighted by atomic mass is 10.1. The number of pyridine rings is 1. The van der Waals surface area contributed by atoms with E-state index in [1.807, 2.05) is 31.2 Å². The number of carbonyl (C=O) groups excluding carboxylic acids is 1. The van der Waals surface area contributed by atoms with E-state index in [1.165, 1.54) is 10.2 Å². The average molecular weight is 416 g/mol. The van der Waals surface area contributed by atoms with Crippen molar-refractivity contribution in [2.45, 2.75) is 26.8 Å². The fourth-order valence-corrected chi connectivity index (χ4v) is 3.50. The van der Waals surface area contributed by atoms with E-state index < -0.39 is 0 Å². The Balaban J connectivity index is 1.67. The van der Waals surface area contributed by atoms with Crippen molar-refractivity contribution in [1.29, 1.82) is 0 Å². The second-order valence-corrected chi connectivity index (χ2v) is 7.07. The smallest absolute Gasteiger partial charge is 0.280 e. The molecule has 2 aromatic carbocycles. The summed E-state index contributed by atoms with van der Waals surface area (Å²) in [5.41, 5.74) is 2.77. The first-order chi connectivity index (χ1) is 15.1. The first kappa shape index (κ1) is 20.4. The first-order valence-corrected chi connectivity index (χ1v) is 10.3. The third-order valence-electron chi connectivity index (χ3n) is 5.03. The van der Waals surface area contributed by atoms with Crippen molar-refractivity contribution in [1.82, 2.24) is 14.3 Å². The van der Waals surface area contributed by atoms with Gasteiger partial charge in [-0.15, -0.1) is 0 Å². The largest absolute Gasteiger partial charge is 0.494 e. The normalized spacial score (nSPS) is 10.9. The highest BCUT2D eigenvalue weighted by Crippen LogP contribution is 2.17. The van der Waals surface area contributed by atoms with E-state index in [4.69, 9.17) is 4.74 Å². The number of hydrogen-bond donors (Lipinski definition) is 1. The standard InChI is InChI=1S/C24H24N4O3/c1-3-17-7-11-19(12-8-17)28-24(30)21-6-5-15-25-23(21)27(28)16-22(29)26-18-9-13-20(14-10-18)31-4-2/h5-15H,3-4,16H2,1-2H3,(H,26,29). The minimum atomic E-state index is -0.259. The molecule has 7 nitrogen and oxygen atoms in total. The van der Waals surface area contributed by atoms with E-state index in [0.29, 0.717) is 29.0 Å². The van der Waals surface area contributed by atoms with Gasteiger partial charge in [-0.1, -0.05) is 19.1 Å². The van der Waals surface area contributed by atoms with Crippen LogP contribution in [0, 0.1) is 0 Å². The molecule has 0 atom stereocenters. The molecule has 31 heavy (non-hydrogen) atoms. The monoisotopic (exact) mass is 416 g/mol. The molecule has 0 saturated heterocycles. The second-order valence-electron chi connectivity index (χ2n) is 7.07. The number of carbonyl (C=O) groups is 1. The number of nitrogens with one attached hydrogen (secondary N) is 1. The molecule has 0 aliphatic heterocycles. The Labute approximate surface area is 179 Å². The van der Waals surface area contributed by atoms with Crippen LogP contribution in [-0.2, 0) is 17.8 Å². The fraction of sp³-hybridized carbons (Fsp3) is 0.208. The minimum Gasteiger partial charge on any atom is -0.494 e. The molecule has 4 rings (SSSR count). The zero-order chi connectivity index (χ0) is 21.8. The van der Waals surface area contributed by atoms with Crippen LogP contribution in [-0.4, -0.2) is 26.9 Å². The molecule has 0 fully saturated rings. The Kier molecular flexibility index (Phi) is 5.84. The molecule has 0 aliphatic carbocycles. The summed E-state index contributed by atoms with van der Waals surface area (Å²) in [6.07, 6.45) is 2.53. The topological polar surface area (TPSA) is 78.2 Å². The molecule has 1 amide bonds. The minimum absolute atomic E-state index is 0.0570. The van der Waals surface area contributed by atoms with Crippen LogP contribution in [0.3, 0.4) is 0 Å². The van der Waals surface area contributed by atoms with Gasteiger partial charge in [-0.3, -0.25) is 14.3 Å². The van der Waals surface area contributed by atoms with Gasteiger partial charge in [-0.25, -0.2) is 9.67 Å². The molecule has 158 valence electrons. The average Bonchev–Trinajstić information content (AvgIpc) is 3.07. The fourth-order valence-electron chi connectivity index (χ4n) is 3.50. The molecule has 0 spiro atoms. The molecule has 2 aromatic heterocycles. The summed E-state index contributed by atoms with van der Waals surface area (Å²) in [4.78, 5) is 30.3. The van der Waals surface area contributed by atoms with Gasteiger partial charge in [0, 0.05) is 11.9 Å². The predicted molar refractivity (Wildman–Crippen MR) is 121 cm³/mol. The van der Waals surface area contributed by atoms with Gasteiger partial charge < -0.3 is 10.1 Å². The van der Waals surface area contributed by atoms with Gasteiger partial charge in [0.1, 0.15) is 12.3 Å². The van der Waals surface area contributed by atoms with Crippen molar-refractivity contribution in [3.63, 3.8) is 0 Å². The Morgan fingerprint density at radius 1 is 1.03 bits per heavy atom. The van der Waals surface area contributed by atoms with Gasteiger partial charge in [-0.2, -0.15) is 0 Å². The Hall–Kier alpha value is -3.87. The van der Waals surface area contributed by atoms with Crippen LogP contribution >= 0.6 is 0 Å². The van der Waals surface area contributed by atoms with E-state index in [2.05, 4.69) is 17.2 Å². The van der Waals surface area contributed by atoms with E-state index >= 15 is 0 Å². The number of ether oxygens (including phenoxy) is 1. The van der Waals surface area contributed by atoms with Crippen molar-refractivity contribution >= 4 is 22.6 Å². The Morgan fingerprint density at radius 3 is 2.45 bits per heavy atom.